The van der Waals surface area contributed by atoms with E-state index in [-0.39, 0.29) is 12.0 Å². The van der Waals surface area contributed by atoms with Crippen molar-refractivity contribution in [3.05, 3.63) is 71.8 Å². The van der Waals surface area contributed by atoms with Gasteiger partial charge >= 0.3 is 0 Å². The number of hydrogen-bond donors (Lipinski definition) is 2. The maximum atomic E-state index is 9.58. The minimum atomic E-state index is -0.383. The summed E-state index contributed by atoms with van der Waals surface area (Å²) in [5.74, 6) is 1.04. The monoisotopic (exact) mass is 266 g/mol. The summed E-state index contributed by atoms with van der Waals surface area (Å²) in [7, 11) is 0. The predicted octanol–water partition coefficient (Wildman–Crippen LogP) is 2.18. The molecular weight excluding hydrogens is 248 g/mol. The van der Waals surface area contributed by atoms with Crippen LogP contribution in [0, 0.1) is 0 Å². The van der Waals surface area contributed by atoms with Gasteiger partial charge < -0.3 is 10.4 Å². The number of rotatable bonds is 3. The van der Waals surface area contributed by atoms with Crippen LogP contribution in [0.25, 0.3) is 0 Å². The third kappa shape index (κ3) is 2.73. The summed E-state index contributed by atoms with van der Waals surface area (Å²) >= 11 is 0. The van der Waals surface area contributed by atoms with Crippen molar-refractivity contribution in [2.24, 2.45) is 4.99 Å². The van der Waals surface area contributed by atoms with Crippen LogP contribution in [0.15, 0.2) is 65.7 Å². The molecule has 3 nitrogen and oxygen atoms in total. The van der Waals surface area contributed by atoms with E-state index in [1.807, 2.05) is 36.4 Å². The molecule has 1 aliphatic rings. The molecule has 2 aromatic rings. The number of aliphatic hydroxyl groups is 1. The number of aliphatic hydroxyl groups excluding tert-OH is 1. The maximum Gasteiger partial charge on any atom is 0.109 e. The Hall–Kier alpha value is -2.13. The van der Waals surface area contributed by atoms with Crippen LogP contribution in [0.2, 0.25) is 0 Å². The maximum absolute atomic E-state index is 9.58. The molecule has 20 heavy (non-hydrogen) atoms. The van der Waals surface area contributed by atoms with Gasteiger partial charge in [-0.1, -0.05) is 60.7 Å². The van der Waals surface area contributed by atoms with Crippen molar-refractivity contribution in [3.8, 4) is 0 Å². The van der Waals surface area contributed by atoms with Crippen molar-refractivity contribution < 1.29 is 5.11 Å². The van der Waals surface area contributed by atoms with Gasteiger partial charge in [0.15, 0.2) is 0 Å². The number of nitrogens with one attached hydrogen (secondary N) is 1. The lowest BCUT2D eigenvalue weighted by molar-refractivity contribution is 0.181. The normalized spacial score (nSPS) is 18.5. The predicted molar refractivity (Wildman–Crippen MR) is 81.0 cm³/mol. The van der Waals surface area contributed by atoms with Crippen LogP contribution in [0.5, 0.6) is 0 Å². The van der Waals surface area contributed by atoms with E-state index in [1.165, 1.54) is 11.1 Å². The molecule has 0 bridgehead atoms. The summed E-state index contributed by atoms with van der Waals surface area (Å²) < 4.78 is 0. The number of nitrogens with zero attached hydrogens (tertiary/aromatic N) is 1. The Morgan fingerprint density at radius 2 is 1.50 bits per heavy atom. The van der Waals surface area contributed by atoms with Gasteiger partial charge in [0.25, 0.3) is 0 Å². The third-order valence-corrected chi connectivity index (χ3v) is 3.53. The zero-order valence-electron chi connectivity index (χ0n) is 11.2. The Bertz CT molecular complexity index is 541. The summed E-state index contributed by atoms with van der Waals surface area (Å²) in [5, 5.41) is 12.8. The Morgan fingerprint density at radius 1 is 0.950 bits per heavy atom. The molecule has 0 aromatic heterocycles. The lowest BCUT2D eigenvalue weighted by Gasteiger charge is -2.26. The molecule has 0 saturated carbocycles. The Balaban J connectivity index is 2.01. The fourth-order valence-corrected chi connectivity index (χ4v) is 2.54. The number of β-amino-alcohol motifs (C(OH)–C–C–N with tert-alkyl or cyclic N) is 1. The number of benzene rings is 2. The van der Waals surface area contributed by atoms with Crippen molar-refractivity contribution in [1.82, 2.24) is 5.32 Å². The smallest absolute Gasteiger partial charge is 0.109 e. The lowest BCUT2D eigenvalue weighted by atomic mass is 9.89. The molecule has 2 aromatic carbocycles. The number of aliphatic imine (C=N–C) groups is 1. The molecule has 1 heterocycles. The highest BCUT2D eigenvalue weighted by Crippen LogP contribution is 2.26. The second kappa shape index (κ2) is 5.88. The molecule has 0 fully saturated rings. The highest BCUT2D eigenvalue weighted by atomic mass is 16.3. The van der Waals surface area contributed by atoms with Crippen LogP contribution in [0.1, 0.15) is 17.0 Å². The standard InChI is InChI=1S/C17H18N2O/c20-15-11-18-17(19-12-15)16(13-7-3-1-4-8-13)14-9-5-2-6-10-14/h1-10,15-16,20H,11-12H2,(H,18,19). The van der Waals surface area contributed by atoms with E-state index in [2.05, 4.69) is 34.6 Å². The van der Waals surface area contributed by atoms with Gasteiger partial charge in [-0.25, -0.2) is 0 Å². The minimum absolute atomic E-state index is 0.102. The highest BCUT2D eigenvalue weighted by Gasteiger charge is 2.23. The zero-order valence-corrected chi connectivity index (χ0v) is 11.2. The lowest BCUT2D eigenvalue weighted by Crippen LogP contribution is -2.41. The fraction of sp³-hybridized carbons (Fsp3) is 0.235. The van der Waals surface area contributed by atoms with Gasteiger partial charge in [-0.2, -0.15) is 0 Å². The molecule has 0 spiro atoms. The summed E-state index contributed by atoms with van der Waals surface area (Å²) in [4.78, 5) is 4.52. The largest absolute Gasteiger partial charge is 0.389 e. The van der Waals surface area contributed by atoms with E-state index in [9.17, 15) is 5.11 Å². The second-order valence-corrected chi connectivity index (χ2v) is 5.02. The van der Waals surface area contributed by atoms with Crippen molar-refractivity contribution in [2.45, 2.75) is 12.0 Å². The number of amidine groups is 1. The van der Waals surface area contributed by atoms with Gasteiger partial charge in [0.05, 0.1) is 18.6 Å². The average Bonchev–Trinajstić information content (AvgIpc) is 2.52. The van der Waals surface area contributed by atoms with Crippen molar-refractivity contribution in [2.75, 3.05) is 13.1 Å². The molecule has 0 aliphatic carbocycles. The number of hydrogen-bond acceptors (Lipinski definition) is 3. The summed E-state index contributed by atoms with van der Waals surface area (Å²) in [6.45, 7) is 1.04. The SMILES string of the molecule is OC1CN=C(C(c2ccccc2)c2ccccc2)NC1. The van der Waals surface area contributed by atoms with Crippen LogP contribution < -0.4 is 5.32 Å². The van der Waals surface area contributed by atoms with Crippen molar-refractivity contribution >= 4 is 5.84 Å². The molecule has 1 unspecified atom stereocenters. The highest BCUT2D eigenvalue weighted by molar-refractivity contribution is 5.92. The third-order valence-electron chi connectivity index (χ3n) is 3.53. The Kier molecular flexibility index (Phi) is 3.79. The molecule has 2 N–H and O–H groups in total. The second-order valence-electron chi connectivity index (χ2n) is 5.02. The molecule has 0 radical (unpaired) electrons. The van der Waals surface area contributed by atoms with Gasteiger partial charge in [0, 0.05) is 6.54 Å². The Morgan fingerprint density at radius 3 is 1.95 bits per heavy atom. The van der Waals surface area contributed by atoms with Crippen LogP contribution in [-0.4, -0.2) is 30.1 Å². The molecule has 1 aliphatic heterocycles. The van der Waals surface area contributed by atoms with Gasteiger partial charge in [-0.3, -0.25) is 4.99 Å². The van der Waals surface area contributed by atoms with E-state index >= 15 is 0 Å². The first kappa shape index (κ1) is 12.9. The average molecular weight is 266 g/mol. The quantitative estimate of drug-likeness (QED) is 0.894. The van der Waals surface area contributed by atoms with Crippen LogP contribution in [0.4, 0.5) is 0 Å². The zero-order chi connectivity index (χ0) is 13.8. The van der Waals surface area contributed by atoms with Crippen molar-refractivity contribution in [3.63, 3.8) is 0 Å². The molecule has 0 saturated heterocycles. The Labute approximate surface area is 119 Å². The first-order valence-electron chi connectivity index (χ1n) is 6.91. The van der Waals surface area contributed by atoms with E-state index in [4.69, 9.17) is 0 Å². The summed E-state index contributed by atoms with van der Waals surface area (Å²) in [6, 6.07) is 20.7. The molecule has 3 heteroatoms. The topological polar surface area (TPSA) is 44.6 Å². The fourth-order valence-electron chi connectivity index (χ4n) is 2.54. The van der Waals surface area contributed by atoms with Gasteiger partial charge in [0.1, 0.15) is 5.84 Å². The van der Waals surface area contributed by atoms with E-state index in [0.717, 1.165) is 5.84 Å². The van der Waals surface area contributed by atoms with E-state index in [0.29, 0.717) is 13.1 Å². The molecular formula is C17H18N2O. The van der Waals surface area contributed by atoms with Gasteiger partial charge in [-0.05, 0) is 11.1 Å². The van der Waals surface area contributed by atoms with Gasteiger partial charge in [-0.15, -0.1) is 0 Å². The van der Waals surface area contributed by atoms with E-state index < -0.39 is 0 Å². The first-order valence-corrected chi connectivity index (χ1v) is 6.91. The minimum Gasteiger partial charge on any atom is -0.389 e. The molecule has 0 amide bonds. The van der Waals surface area contributed by atoms with Gasteiger partial charge in [0.2, 0.25) is 0 Å². The summed E-state index contributed by atoms with van der Waals surface area (Å²) in [5.41, 5.74) is 2.42. The van der Waals surface area contributed by atoms with Crippen LogP contribution in [0.3, 0.4) is 0 Å². The molecule has 102 valence electrons. The summed E-state index contributed by atoms with van der Waals surface area (Å²) in [6.07, 6.45) is -0.383. The van der Waals surface area contributed by atoms with Crippen molar-refractivity contribution in [1.29, 1.82) is 0 Å². The first-order chi connectivity index (χ1) is 9.84. The molecule has 1 atom stereocenters. The van der Waals surface area contributed by atoms with Crippen LogP contribution >= 0.6 is 0 Å². The molecule has 3 rings (SSSR count). The van der Waals surface area contributed by atoms with Crippen LogP contribution in [-0.2, 0) is 0 Å². The van der Waals surface area contributed by atoms with E-state index in [1.54, 1.807) is 0 Å².